The summed E-state index contributed by atoms with van der Waals surface area (Å²) >= 11 is 0. The van der Waals surface area contributed by atoms with E-state index in [0.29, 0.717) is 18.7 Å². The van der Waals surface area contributed by atoms with E-state index in [1.54, 1.807) is 10.9 Å². The largest absolute Gasteiger partial charge is 0.503 e. The Labute approximate surface area is 109 Å². The molecule has 0 saturated carbocycles. The van der Waals surface area contributed by atoms with E-state index in [1.165, 1.54) is 0 Å². The lowest BCUT2D eigenvalue weighted by Crippen LogP contribution is -2.13. The van der Waals surface area contributed by atoms with Gasteiger partial charge in [-0.15, -0.1) is 0 Å². The molecule has 0 aliphatic carbocycles. The Morgan fingerprint density at radius 2 is 1.89 bits per heavy atom. The summed E-state index contributed by atoms with van der Waals surface area (Å²) < 4.78 is 28.0. The molecule has 19 heavy (non-hydrogen) atoms. The monoisotopic (exact) mass is 267 g/mol. The Morgan fingerprint density at radius 3 is 2.42 bits per heavy atom. The molecular weight excluding hydrogens is 252 g/mol. The van der Waals surface area contributed by atoms with E-state index in [0.717, 1.165) is 23.4 Å². The molecule has 0 aliphatic rings. The first kappa shape index (κ1) is 13.5. The van der Waals surface area contributed by atoms with E-state index in [4.69, 9.17) is 5.11 Å². The van der Waals surface area contributed by atoms with Crippen LogP contribution in [0.1, 0.15) is 16.8 Å². The van der Waals surface area contributed by atoms with Crippen molar-refractivity contribution in [2.75, 3.05) is 0 Å². The number of aryl methyl sites for hydroxylation is 1. The van der Waals surface area contributed by atoms with Crippen molar-refractivity contribution in [1.82, 2.24) is 15.1 Å². The van der Waals surface area contributed by atoms with Crippen LogP contribution in [-0.4, -0.2) is 14.9 Å². The van der Waals surface area contributed by atoms with Gasteiger partial charge in [-0.3, -0.25) is 4.68 Å². The molecular formula is C13H15F2N3O. The number of phenols is 1. The summed E-state index contributed by atoms with van der Waals surface area (Å²) in [5.74, 6) is -2.84. The standard InChI is InChI=1S/C13H15F2N3O/c1-8-10(7-17-18(8)2)6-16-5-9-3-11(14)13(19)12(15)4-9/h3-4,7,16,19H,5-6H2,1-2H3. The number of benzene rings is 1. The zero-order valence-corrected chi connectivity index (χ0v) is 10.7. The minimum atomic E-state index is -0.950. The molecule has 102 valence electrons. The molecule has 0 saturated heterocycles. The summed E-state index contributed by atoms with van der Waals surface area (Å²) in [7, 11) is 1.85. The number of nitrogens with zero attached hydrogens (tertiary/aromatic N) is 2. The molecule has 0 atom stereocenters. The molecule has 4 nitrogen and oxygen atoms in total. The van der Waals surface area contributed by atoms with Crippen molar-refractivity contribution in [2.24, 2.45) is 7.05 Å². The SMILES string of the molecule is Cc1c(CNCc2cc(F)c(O)c(F)c2)cnn1C. The van der Waals surface area contributed by atoms with Crippen LogP contribution in [0.2, 0.25) is 0 Å². The summed E-state index contributed by atoms with van der Waals surface area (Å²) in [6.45, 7) is 2.82. The highest BCUT2D eigenvalue weighted by molar-refractivity contribution is 5.30. The average Bonchev–Trinajstić information content (AvgIpc) is 2.68. The molecule has 1 aromatic heterocycles. The molecule has 1 aromatic carbocycles. The molecule has 0 aliphatic heterocycles. The van der Waals surface area contributed by atoms with Crippen molar-refractivity contribution in [3.63, 3.8) is 0 Å². The second-order valence-electron chi connectivity index (χ2n) is 4.39. The lowest BCUT2D eigenvalue weighted by Gasteiger charge is -2.06. The molecule has 0 spiro atoms. The van der Waals surface area contributed by atoms with E-state index in [2.05, 4.69) is 10.4 Å². The Balaban J connectivity index is 1.98. The van der Waals surface area contributed by atoms with Gasteiger partial charge in [0.2, 0.25) is 0 Å². The number of halogens is 2. The van der Waals surface area contributed by atoms with Gasteiger partial charge in [0.1, 0.15) is 0 Å². The second-order valence-corrected chi connectivity index (χ2v) is 4.39. The quantitative estimate of drug-likeness (QED) is 0.891. The van der Waals surface area contributed by atoms with Gasteiger partial charge in [-0.25, -0.2) is 8.78 Å². The van der Waals surface area contributed by atoms with Gasteiger partial charge in [0.05, 0.1) is 6.20 Å². The van der Waals surface area contributed by atoms with Crippen LogP contribution in [0, 0.1) is 18.6 Å². The highest BCUT2D eigenvalue weighted by atomic mass is 19.1. The molecule has 6 heteroatoms. The van der Waals surface area contributed by atoms with Crippen molar-refractivity contribution >= 4 is 0 Å². The normalized spacial score (nSPS) is 10.9. The van der Waals surface area contributed by atoms with Gasteiger partial charge in [0, 0.05) is 31.4 Å². The first-order chi connectivity index (χ1) is 8.99. The summed E-state index contributed by atoms with van der Waals surface area (Å²) in [4.78, 5) is 0. The minimum absolute atomic E-state index is 0.308. The number of hydrogen-bond donors (Lipinski definition) is 2. The Morgan fingerprint density at radius 1 is 1.26 bits per heavy atom. The van der Waals surface area contributed by atoms with Gasteiger partial charge in [-0.2, -0.15) is 5.10 Å². The smallest absolute Gasteiger partial charge is 0.187 e. The first-order valence-electron chi connectivity index (χ1n) is 5.84. The van der Waals surface area contributed by atoms with Crippen LogP contribution in [0.4, 0.5) is 8.78 Å². The number of rotatable bonds is 4. The molecule has 2 N–H and O–H groups in total. The van der Waals surface area contributed by atoms with Crippen LogP contribution in [0.25, 0.3) is 0 Å². The molecule has 0 fully saturated rings. The van der Waals surface area contributed by atoms with Crippen molar-refractivity contribution in [1.29, 1.82) is 0 Å². The molecule has 0 amide bonds. The van der Waals surface area contributed by atoms with Gasteiger partial charge in [0.25, 0.3) is 0 Å². The molecule has 0 unspecified atom stereocenters. The third-order valence-corrected chi connectivity index (χ3v) is 3.06. The van der Waals surface area contributed by atoms with Gasteiger partial charge >= 0.3 is 0 Å². The van der Waals surface area contributed by atoms with Gasteiger partial charge in [-0.05, 0) is 24.6 Å². The van der Waals surface area contributed by atoms with Gasteiger partial charge in [0.15, 0.2) is 17.4 Å². The number of aromatic nitrogens is 2. The predicted octanol–water partition coefficient (Wildman–Crippen LogP) is 2.00. The van der Waals surface area contributed by atoms with Crippen LogP contribution in [0.5, 0.6) is 5.75 Å². The average molecular weight is 267 g/mol. The van der Waals surface area contributed by atoms with Crippen molar-refractivity contribution in [3.8, 4) is 5.75 Å². The fourth-order valence-corrected chi connectivity index (χ4v) is 1.78. The summed E-state index contributed by atoms with van der Waals surface area (Å²) in [6, 6.07) is 2.23. The third-order valence-electron chi connectivity index (χ3n) is 3.06. The van der Waals surface area contributed by atoms with E-state index in [9.17, 15) is 8.78 Å². The summed E-state index contributed by atoms with van der Waals surface area (Å²) in [5, 5.41) is 16.2. The van der Waals surface area contributed by atoms with Crippen molar-refractivity contribution < 1.29 is 13.9 Å². The van der Waals surface area contributed by atoms with Gasteiger partial charge < -0.3 is 10.4 Å². The van der Waals surface area contributed by atoms with E-state index in [1.807, 2.05) is 14.0 Å². The summed E-state index contributed by atoms with van der Waals surface area (Å²) in [5.41, 5.74) is 2.51. The fourth-order valence-electron chi connectivity index (χ4n) is 1.78. The van der Waals surface area contributed by atoms with Gasteiger partial charge in [-0.1, -0.05) is 0 Å². The van der Waals surface area contributed by atoms with Crippen LogP contribution in [-0.2, 0) is 20.1 Å². The summed E-state index contributed by atoms with van der Waals surface area (Å²) in [6.07, 6.45) is 1.75. The van der Waals surface area contributed by atoms with E-state index >= 15 is 0 Å². The lowest BCUT2D eigenvalue weighted by atomic mass is 10.2. The Bertz CT molecular complexity index is 573. The minimum Gasteiger partial charge on any atom is -0.503 e. The van der Waals surface area contributed by atoms with Crippen LogP contribution < -0.4 is 5.32 Å². The van der Waals surface area contributed by atoms with Crippen LogP contribution in [0.15, 0.2) is 18.3 Å². The lowest BCUT2D eigenvalue weighted by molar-refractivity contribution is 0.395. The topological polar surface area (TPSA) is 50.1 Å². The van der Waals surface area contributed by atoms with E-state index < -0.39 is 17.4 Å². The zero-order chi connectivity index (χ0) is 14.0. The van der Waals surface area contributed by atoms with Crippen molar-refractivity contribution in [3.05, 3.63) is 46.8 Å². The van der Waals surface area contributed by atoms with Crippen LogP contribution >= 0.6 is 0 Å². The molecule has 0 bridgehead atoms. The number of hydrogen-bond acceptors (Lipinski definition) is 3. The molecule has 1 heterocycles. The molecule has 0 radical (unpaired) electrons. The van der Waals surface area contributed by atoms with E-state index in [-0.39, 0.29) is 0 Å². The number of phenolic OH excluding ortho intramolecular Hbond substituents is 1. The number of aromatic hydroxyl groups is 1. The molecule has 2 aromatic rings. The van der Waals surface area contributed by atoms with Crippen LogP contribution in [0.3, 0.4) is 0 Å². The highest BCUT2D eigenvalue weighted by Gasteiger charge is 2.09. The predicted molar refractivity (Wildman–Crippen MR) is 66.5 cm³/mol. The number of nitrogens with one attached hydrogen (secondary N) is 1. The molecule has 2 rings (SSSR count). The first-order valence-corrected chi connectivity index (χ1v) is 5.84. The van der Waals surface area contributed by atoms with Crippen molar-refractivity contribution in [2.45, 2.75) is 20.0 Å². The maximum absolute atomic E-state index is 13.1. The third kappa shape index (κ3) is 2.90. The maximum atomic E-state index is 13.1. The highest BCUT2D eigenvalue weighted by Crippen LogP contribution is 2.21. The fraction of sp³-hybridized carbons (Fsp3) is 0.308. The Kier molecular flexibility index (Phi) is 3.80. The second kappa shape index (κ2) is 5.36. The Hall–Kier alpha value is -1.95. The zero-order valence-electron chi connectivity index (χ0n) is 10.7. The maximum Gasteiger partial charge on any atom is 0.187 e.